The fraction of sp³-hybridized carbons (Fsp3) is 0.692. The van der Waals surface area contributed by atoms with Gasteiger partial charge in [-0.25, -0.2) is 4.79 Å². The van der Waals surface area contributed by atoms with E-state index in [0.717, 1.165) is 0 Å². The quantitative estimate of drug-likeness (QED) is 0.218. The van der Waals surface area contributed by atoms with Crippen LogP contribution in [0.2, 0.25) is 0 Å². The monoisotopic (exact) mass is 380 g/mol. The second-order valence-corrected chi connectivity index (χ2v) is 6.05. The predicted octanol–water partition coefficient (Wildman–Crippen LogP) is -2.00. The van der Waals surface area contributed by atoms with Gasteiger partial charge in [0, 0.05) is 11.5 Å². The third-order valence-corrected chi connectivity index (χ3v) is 3.79. The van der Waals surface area contributed by atoms with Crippen LogP contribution < -0.4 is 21.7 Å². The summed E-state index contributed by atoms with van der Waals surface area (Å²) in [7, 11) is 0. The standard InChI is InChI=1S/C13H24N4O5S2/c1-6(2)10(17-9(18)3-14)12(20)15-7(4-23)11(19)16-8(5-24)13(21)22/h6-8,10,23-24H,3-5,14H2,1-2H3,(H,15,20)(H,16,19)(H,17,18)(H,21,22). The van der Waals surface area contributed by atoms with E-state index in [1.54, 1.807) is 13.8 Å². The smallest absolute Gasteiger partial charge is 0.327 e. The highest BCUT2D eigenvalue weighted by Gasteiger charge is 2.29. The second-order valence-electron chi connectivity index (χ2n) is 5.32. The molecule has 24 heavy (non-hydrogen) atoms. The first-order valence-corrected chi connectivity index (χ1v) is 8.49. The van der Waals surface area contributed by atoms with Gasteiger partial charge >= 0.3 is 5.97 Å². The van der Waals surface area contributed by atoms with Crippen LogP contribution in [0.3, 0.4) is 0 Å². The zero-order valence-electron chi connectivity index (χ0n) is 13.5. The summed E-state index contributed by atoms with van der Waals surface area (Å²) in [5.41, 5.74) is 5.21. The minimum atomic E-state index is -1.24. The zero-order valence-corrected chi connectivity index (χ0v) is 15.3. The van der Waals surface area contributed by atoms with Gasteiger partial charge in [0.25, 0.3) is 0 Å². The first-order valence-electron chi connectivity index (χ1n) is 7.22. The highest BCUT2D eigenvalue weighted by molar-refractivity contribution is 7.80. The van der Waals surface area contributed by atoms with Crippen molar-refractivity contribution in [1.29, 1.82) is 0 Å². The number of carbonyl (C=O) groups is 4. The molecular formula is C13H24N4O5S2. The normalized spacial score (nSPS) is 14.4. The number of aliphatic carboxylic acids is 1. The molecule has 138 valence electrons. The molecule has 0 aliphatic heterocycles. The number of nitrogens with two attached hydrogens (primary N) is 1. The Morgan fingerprint density at radius 1 is 0.958 bits per heavy atom. The summed E-state index contributed by atoms with van der Waals surface area (Å²) in [4.78, 5) is 46.7. The zero-order chi connectivity index (χ0) is 18.9. The van der Waals surface area contributed by atoms with Gasteiger partial charge in [-0.3, -0.25) is 14.4 Å². The molecule has 0 fully saturated rings. The second kappa shape index (κ2) is 11.2. The van der Waals surface area contributed by atoms with E-state index in [4.69, 9.17) is 10.8 Å². The Morgan fingerprint density at radius 2 is 1.46 bits per heavy atom. The summed E-state index contributed by atoms with van der Waals surface area (Å²) in [5, 5.41) is 16.1. The molecule has 0 aliphatic carbocycles. The van der Waals surface area contributed by atoms with Crippen molar-refractivity contribution in [1.82, 2.24) is 16.0 Å². The minimum Gasteiger partial charge on any atom is -0.480 e. The Kier molecular flexibility index (Phi) is 10.5. The van der Waals surface area contributed by atoms with E-state index in [2.05, 4.69) is 41.2 Å². The molecule has 11 heteroatoms. The SMILES string of the molecule is CC(C)C(NC(=O)CN)C(=O)NC(CS)C(=O)NC(CS)C(=O)O. The van der Waals surface area contributed by atoms with Gasteiger partial charge in [-0.05, 0) is 5.92 Å². The highest BCUT2D eigenvalue weighted by atomic mass is 32.1. The van der Waals surface area contributed by atoms with Crippen LogP contribution in [-0.2, 0) is 19.2 Å². The molecule has 0 rings (SSSR count). The third-order valence-electron chi connectivity index (χ3n) is 3.06. The van der Waals surface area contributed by atoms with E-state index in [1.807, 2.05) is 0 Å². The Morgan fingerprint density at radius 3 is 1.83 bits per heavy atom. The van der Waals surface area contributed by atoms with Gasteiger partial charge in [0.15, 0.2) is 0 Å². The van der Waals surface area contributed by atoms with Crippen molar-refractivity contribution in [2.24, 2.45) is 11.7 Å². The summed E-state index contributed by atoms with van der Waals surface area (Å²) < 4.78 is 0. The highest BCUT2D eigenvalue weighted by Crippen LogP contribution is 2.03. The van der Waals surface area contributed by atoms with E-state index in [1.165, 1.54) is 0 Å². The molecule has 0 saturated heterocycles. The van der Waals surface area contributed by atoms with Gasteiger partial charge in [0.1, 0.15) is 18.1 Å². The topological polar surface area (TPSA) is 151 Å². The molecule has 6 N–H and O–H groups in total. The van der Waals surface area contributed by atoms with E-state index < -0.39 is 41.8 Å². The van der Waals surface area contributed by atoms with Gasteiger partial charge in [-0.15, -0.1) is 0 Å². The lowest BCUT2D eigenvalue weighted by Gasteiger charge is -2.25. The number of carboxylic acid groups (broad SMARTS) is 1. The van der Waals surface area contributed by atoms with Gasteiger partial charge < -0.3 is 26.8 Å². The predicted molar refractivity (Wildman–Crippen MR) is 95.0 cm³/mol. The van der Waals surface area contributed by atoms with Crippen molar-refractivity contribution in [2.45, 2.75) is 32.0 Å². The van der Waals surface area contributed by atoms with E-state index >= 15 is 0 Å². The molecule has 3 amide bonds. The van der Waals surface area contributed by atoms with E-state index in [0.29, 0.717) is 0 Å². The average Bonchev–Trinajstić information content (AvgIpc) is 2.53. The molecule has 0 saturated carbocycles. The molecule has 0 heterocycles. The first-order chi connectivity index (χ1) is 11.2. The Labute approximate surface area is 151 Å². The van der Waals surface area contributed by atoms with Crippen molar-refractivity contribution >= 4 is 48.9 Å². The van der Waals surface area contributed by atoms with Gasteiger partial charge in [0.2, 0.25) is 17.7 Å². The molecule has 9 nitrogen and oxygen atoms in total. The molecule has 0 aromatic rings. The van der Waals surface area contributed by atoms with E-state index in [9.17, 15) is 19.2 Å². The van der Waals surface area contributed by atoms with Crippen LogP contribution in [0.25, 0.3) is 0 Å². The summed E-state index contributed by atoms with van der Waals surface area (Å²) >= 11 is 7.84. The Balaban J connectivity index is 4.94. The molecule has 0 spiro atoms. The molecule has 3 atom stereocenters. The molecular weight excluding hydrogens is 356 g/mol. The summed E-state index contributed by atoms with van der Waals surface area (Å²) in [6, 6.07) is -3.12. The first kappa shape index (κ1) is 22.5. The molecule has 0 radical (unpaired) electrons. The Hall–Kier alpha value is -1.46. The Bertz CT molecular complexity index is 475. The summed E-state index contributed by atoms with van der Waals surface area (Å²) in [5.74, 6) is -3.42. The minimum absolute atomic E-state index is 0.0495. The van der Waals surface area contributed by atoms with Crippen molar-refractivity contribution in [2.75, 3.05) is 18.1 Å². The maximum atomic E-state index is 12.3. The number of nitrogens with one attached hydrogen (secondary N) is 3. The van der Waals surface area contributed by atoms with Crippen molar-refractivity contribution in [3.05, 3.63) is 0 Å². The number of hydrogen-bond donors (Lipinski definition) is 7. The molecule has 0 bridgehead atoms. The summed E-state index contributed by atoms with van der Waals surface area (Å²) in [6.45, 7) is 3.17. The lowest BCUT2D eigenvalue weighted by Crippen LogP contribution is -2.58. The van der Waals surface area contributed by atoms with Crippen molar-refractivity contribution < 1.29 is 24.3 Å². The molecule has 3 unspecified atom stereocenters. The van der Waals surface area contributed by atoms with E-state index in [-0.39, 0.29) is 24.0 Å². The fourth-order valence-corrected chi connectivity index (χ4v) is 2.19. The maximum Gasteiger partial charge on any atom is 0.327 e. The number of amides is 3. The van der Waals surface area contributed by atoms with Crippen molar-refractivity contribution in [3.8, 4) is 0 Å². The fourth-order valence-electron chi connectivity index (χ4n) is 1.68. The van der Waals surface area contributed by atoms with Crippen LogP contribution in [0.15, 0.2) is 0 Å². The number of hydrogen-bond acceptors (Lipinski definition) is 7. The van der Waals surface area contributed by atoms with Gasteiger partial charge in [0.05, 0.1) is 6.54 Å². The van der Waals surface area contributed by atoms with Crippen LogP contribution in [0.5, 0.6) is 0 Å². The molecule has 0 aromatic carbocycles. The number of thiol groups is 2. The number of rotatable bonds is 10. The third kappa shape index (κ3) is 7.41. The number of carboxylic acids is 1. The van der Waals surface area contributed by atoms with Crippen LogP contribution in [-0.4, -0.2) is 65.0 Å². The van der Waals surface area contributed by atoms with Crippen LogP contribution in [0.1, 0.15) is 13.8 Å². The molecule has 0 aliphatic rings. The van der Waals surface area contributed by atoms with Crippen LogP contribution in [0, 0.1) is 5.92 Å². The van der Waals surface area contributed by atoms with Crippen LogP contribution >= 0.6 is 25.3 Å². The maximum absolute atomic E-state index is 12.3. The van der Waals surface area contributed by atoms with Gasteiger partial charge in [-0.1, -0.05) is 13.8 Å². The average molecular weight is 380 g/mol. The number of carbonyl (C=O) groups excluding carboxylic acids is 3. The van der Waals surface area contributed by atoms with Crippen molar-refractivity contribution in [3.63, 3.8) is 0 Å². The van der Waals surface area contributed by atoms with Crippen LogP contribution in [0.4, 0.5) is 0 Å². The summed E-state index contributed by atoms with van der Waals surface area (Å²) in [6.07, 6.45) is 0. The lowest BCUT2D eigenvalue weighted by molar-refractivity contribution is -0.141. The van der Waals surface area contributed by atoms with Gasteiger partial charge in [-0.2, -0.15) is 25.3 Å². The molecule has 0 aromatic heterocycles. The largest absolute Gasteiger partial charge is 0.480 e. The lowest BCUT2D eigenvalue weighted by atomic mass is 10.0.